The molecule has 1 aliphatic rings. The van der Waals surface area contributed by atoms with Gasteiger partial charge >= 0.3 is 0 Å². The van der Waals surface area contributed by atoms with E-state index in [0.717, 1.165) is 31.2 Å². The molecule has 0 spiro atoms. The largest absolute Gasteiger partial charge is 0.444 e. The minimum Gasteiger partial charge on any atom is -0.444 e. The lowest BCUT2D eigenvalue weighted by Gasteiger charge is -2.32. The molecule has 2 aromatic heterocycles. The molecule has 4 rings (SSSR count). The van der Waals surface area contributed by atoms with E-state index in [9.17, 15) is 4.79 Å². The maximum absolute atomic E-state index is 13.1. The van der Waals surface area contributed by atoms with Crippen molar-refractivity contribution in [2.75, 3.05) is 0 Å². The minimum atomic E-state index is -0.146. The van der Waals surface area contributed by atoms with Gasteiger partial charge in [-0.2, -0.15) is 4.98 Å². The Morgan fingerprint density at radius 1 is 1.11 bits per heavy atom. The quantitative estimate of drug-likeness (QED) is 0.565. The Morgan fingerprint density at radius 2 is 1.89 bits per heavy atom. The number of rotatable bonds is 5. The summed E-state index contributed by atoms with van der Waals surface area (Å²) in [5.41, 5.74) is 0.887. The predicted octanol–water partition coefficient (Wildman–Crippen LogP) is 5.07. The van der Waals surface area contributed by atoms with Gasteiger partial charge in [-0.3, -0.25) is 4.79 Å². The molecule has 0 N–H and O–H groups in total. The Kier molecular flexibility index (Phi) is 5.38. The third-order valence-corrected chi connectivity index (χ3v) is 5.29. The van der Waals surface area contributed by atoms with Gasteiger partial charge in [0.25, 0.3) is 5.91 Å². The second-order valence-electron chi connectivity index (χ2n) is 6.71. The van der Waals surface area contributed by atoms with E-state index in [1.54, 1.807) is 12.1 Å². The normalized spacial score (nSPS) is 15.0. The standard InChI is InChI=1S/C20H20BrN3O3/c21-17-12-11-16(26-17)20(25)24(15-9-5-2-6-10-15)13-18-22-19(23-27-18)14-7-3-1-4-8-14/h1,3-4,7-8,11-12,15H,2,5-6,9-10,13H2. The molecule has 27 heavy (non-hydrogen) atoms. The van der Waals surface area contributed by atoms with Crippen LogP contribution in [0, 0.1) is 0 Å². The van der Waals surface area contributed by atoms with Crippen LogP contribution in [0.2, 0.25) is 0 Å². The van der Waals surface area contributed by atoms with Crippen LogP contribution in [0.3, 0.4) is 0 Å². The molecular weight excluding hydrogens is 410 g/mol. The van der Waals surface area contributed by atoms with Crippen molar-refractivity contribution < 1.29 is 13.7 Å². The first-order valence-corrected chi connectivity index (χ1v) is 9.94. The lowest BCUT2D eigenvalue weighted by Crippen LogP contribution is -2.41. The van der Waals surface area contributed by atoms with Crippen molar-refractivity contribution >= 4 is 21.8 Å². The smallest absolute Gasteiger partial charge is 0.290 e. The SMILES string of the molecule is O=C(c1ccc(Br)o1)N(Cc1nc(-c2ccccc2)no1)C1CCCCC1. The highest BCUT2D eigenvalue weighted by Gasteiger charge is 2.29. The highest BCUT2D eigenvalue weighted by Crippen LogP contribution is 2.27. The third kappa shape index (κ3) is 4.13. The van der Waals surface area contributed by atoms with Gasteiger partial charge in [0.15, 0.2) is 10.4 Å². The summed E-state index contributed by atoms with van der Waals surface area (Å²) in [4.78, 5) is 19.4. The molecule has 0 unspecified atom stereocenters. The molecule has 0 bridgehead atoms. The van der Waals surface area contributed by atoms with Crippen LogP contribution in [0.25, 0.3) is 11.4 Å². The fraction of sp³-hybridized carbons (Fsp3) is 0.350. The summed E-state index contributed by atoms with van der Waals surface area (Å²) in [5.74, 6) is 1.13. The Labute approximate surface area is 165 Å². The van der Waals surface area contributed by atoms with Crippen LogP contribution >= 0.6 is 15.9 Å². The third-order valence-electron chi connectivity index (χ3n) is 4.87. The van der Waals surface area contributed by atoms with E-state index >= 15 is 0 Å². The Hall–Kier alpha value is -2.41. The molecule has 0 saturated heterocycles. The van der Waals surface area contributed by atoms with Crippen LogP contribution in [0.1, 0.15) is 48.5 Å². The average molecular weight is 430 g/mol. The molecule has 1 aliphatic carbocycles. The number of hydrogen-bond donors (Lipinski definition) is 0. The van der Waals surface area contributed by atoms with Crippen molar-refractivity contribution in [3.63, 3.8) is 0 Å². The van der Waals surface area contributed by atoms with Crippen LogP contribution in [0.5, 0.6) is 0 Å². The van der Waals surface area contributed by atoms with Gasteiger partial charge in [-0.25, -0.2) is 0 Å². The van der Waals surface area contributed by atoms with E-state index in [2.05, 4.69) is 26.1 Å². The fourth-order valence-electron chi connectivity index (χ4n) is 3.50. The minimum absolute atomic E-state index is 0.146. The van der Waals surface area contributed by atoms with Crippen molar-refractivity contribution in [3.05, 3.63) is 58.8 Å². The van der Waals surface area contributed by atoms with Crippen LogP contribution in [0.4, 0.5) is 0 Å². The van der Waals surface area contributed by atoms with Gasteiger partial charge in [-0.15, -0.1) is 0 Å². The first kappa shape index (κ1) is 18.0. The maximum atomic E-state index is 13.1. The van der Waals surface area contributed by atoms with Crippen molar-refractivity contribution in [1.29, 1.82) is 0 Å². The van der Waals surface area contributed by atoms with Crippen molar-refractivity contribution in [1.82, 2.24) is 15.0 Å². The van der Waals surface area contributed by atoms with Gasteiger partial charge < -0.3 is 13.8 Å². The first-order valence-electron chi connectivity index (χ1n) is 9.15. The van der Waals surface area contributed by atoms with E-state index < -0.39 is 0 Å². The topological polar surface area (TPSA) is 72.4 Å². The molecule has 140 valence electrons. The van der Waals surface area contributed by atoms with Gasteiger partial charge in [0.05, 0.1) is 0 Å². The Morgan fingerprint density at radius 3 is 2.59 bits per heavy atom. The highest BCUT2D eigenvalue weighted by molar-refractivity contribution is 9.10. The maximum Gasteiger partial charge on any atom is 0.290 e. The summed E-state index contributed by atoms with van der Waals surface area (Å²) in [6, 6.07) is 13.2. The number of aromatic nitrogens is 2. The molecule has 2 heterocycles. The molecule has 0 radical (unpaired) electrons. The molecular formula is C20H20BrN3O3. The first-order chi connectivity index (χ1) is 13.2. The Bertz CT molecular complexity index is 900. The van der Waals surface area contributed by atoms with E-state index in [1.807, 2.05) is 35.2 Å². The zero-order chi connectivity index (χ0) is 18.6. The number of carbonyl (C=O) groups is 1. The second kappa shape index (κ2) is 8.08. The molecule has 1 fully saturated rings. The molecule has 0 aliphatic heterocycles. The highest BCUT2D eigenvalue weighted by atomic mass is 79.9. The molecule has 1 aromatic carbocycles. The second-order valence-corrected chi connectivity index (χ2v) is 7.49. The van der Waals surface area contributed by atoms with E-state index in [4.69, 9.17) is 8.94 Å². The van der Waals surface area contributed by atoms with Crippen LogP contribution in [-0.2, 0) is 6.54 Å². The summed E-state index contributed by atoms with van der Waals surface area (Å²) >= 11 is 3.26. The van der Waals surface area contributed by atoms with E-state index in [1.165, 1.54) is 6.42 Å². The Balaban J connectivity index is 1.57. The number of nitrogens with zero attached hydrogens (tertiary/aromatic N) is 3. The number of amides is 1. The number of halogens is 1. The molecule has 6 nitrogen and oxygen atoms in total. The zero-order valence-corrected chi connectivity index (χ0v) is 16.4. The summed E-state index contributed by atoms with van der Waals surface area (Å²) in [6.07, 6.45) is 5.41. The summed E-state index contributed by atoms with van der Waals surface area (Å²) in [7, 11) is 0. The van der Waals surface area contributed by atoms with Gasteiger partial charge in [0.1, 0.15) is 6.54 Å². The molecule has 0 atom stereocenters. The number of furan rings is 1. The number of carbonyl (C=O) groups excluding carboxylic acids is 1. The van der Waals surface area contributed by atoms with Crippen LogP contribution < -0.4 is 0 Å². The van der Waals surface area contributed by atoms with Gasteiger partial charge in [-0.05, 0) is 40.9 Å². The van der Waals surface area contributed by atoms with Crippen molar-refractivity contribution in [3.8, 4) is 11.4 Å². The molecule has 7 heteroatoms. The predicted molar refractivity (Wildman–Crippen MR) is 103 cm³/mol. The van der Waals surface area contributed by atoms with Crippen LogP contribution in [-0.4, -0.2) is 27.0 Å². The number of hydrogen-bond acceptors (Lipinski definition) is 5. The van der Waals surface area contributed by atoms with Crippen molar-refractivity contribution in [2.24, 2.45) is 0 Å². The fourth-order valence-corrected chi connectivity index (χ4v) is 3.81. The van der Waals surface area contributed by atoms with Crippen molar-refractivity contribution in [2.45, 2.75) is 44.7 Å². The lowest BCUT2D eigenvalue weighted by molar-refractivity contribution is 0.0552. The van der Waals surface area contributed by atoms with Gasteiger partial charge in [-0.1, -0.05) is 54.8 Å². The lowest BCUT2D eigenvalue weighted by atomic mass is 9.94. The van der Waals surface area contributed by atoms with E-state index in [-0.39, 0.29) is 18.5 Å². The van der Waals surface area contributed by atoms with Gasteiger partial charge in [0.2, 0.25) is 11.7 Å². The monoisotopic (exact) mass is 429 g/mol. The molecule has 1 saturated carbocycles. The summed E-state index contributed by atoms with van der Waals surface area (Å²) in [6.45, 7) is 0.279. The van der Waals surface area contributed by atoms with Crippen LogP contribution in [0.15, 0.2) is 56.1 Å². The summed E-state index contributed by atoms with van der Waals surface area (Å²) < 4.78 is 11.5. The molecule has 3 aromatic rings. The van der Waals surface area contributed by atoms with Gasteiger partial charge in [0, 0.05) is 11.6 Å². The number of benzene rings is 1. The summed E-state index contributed by atoms with van der Waals surface area (Å²) in [5, 5.41) is 4.07. The average Bonchev–Trinajstić information content (AvgIpc) is 3.36. The zero-order valence-electron chi connectivity index (χ0n) is 14.8. The van der Waals surface area contributed by atoms with E-state index in [0.29, 0.717) is 22.1 Å². The molecule has 1 amide bonds.